The number of hydrogen-bond donors (Lipinski definition) is 8. The number of carboxylic acids is 3. The Balaban J connectivity index is 0.000000235. The van der Waals surface area contributed by atoms with Gasteiger partial charge in [-0.15, -0.1) is 0 Å². The monoisotopic (exact) mass is 1890 g/mol. The fourth-order valence-electron chi connectivity index (χ4n) is 13.4. The van der Waals surface area contributed by atoms with E-state index in [1.807, 2.05) is 92.0 Å². The summed E-state index contributed by atoms with van der Waals surface area (Å²) in [6.07, 6.45) is 4.64. The highest BCUT2D eigenvalue weighted by atomic mass is 35.5. The summed E-state index contributed by atoms with van der Waals surface area (Å²) < 4.78 is 43.2. The quantitative estimate of drug-likeness (QED) is 0.00969. The van der Waals surface area contributed by atoms with Gasteiger partial charge in [0.25, 0.3) is 23.6 Å². The predicted octanol–water partition coefficient (Wildman–Crippen LogP) is 15.6. The van der Waals surface area contributed by atoms with Crippen LogP contribution in [0.25, 0.3) is 0 Å². The molecule has 5 atom stereocenters. The third-order valence-electron chi connectivity index (χ3n) is 21.8. The van der Waals surface area contributed by atoms with Crippen LogP contribution in [0, 0.1) is 0 Å². The summed E-state index contributed by atoms with van der Waals surface area (Å²) in [5.74, 6) is 10.2. The highest BCUT2D eigenvalue weighted by Gasteiger charge is 2.52. The van der Waals surface area contributed by atoms with Gasteiger partial charge in [0.1, 0.15) is 74.2 Å². The van der Waals surface area contributed by atoms with Crippen molar-refractivity contribution in [1.29, 1.82) is 0 Å². The third kappa shape index (κ3) is 32.7. The average molecular weight is 1900 g/mol. The van der Waals surface area contributed by atoms with Crippen molar-refractivity contribution in [3.05, 3.63) is 308 Å². The Bertz CT molecular complexity index is 5440. The molecule has 7 heterocycles. The van der Waals surface area contributed by atoms with Gasteiger partial charge in [-0.1, -0.05) is 195 Å². The Labute approximate surface area is 798 Å². The second-order valence-electron chi connectivity index (χ2n) is 31.3. The molecule has 8 aromatic carbocycles. The van der Waals surface area contributed by atoms with Crippen molar-refractivity contribution < 1.29 is 86.6 Å². The van der Waals surface area contributed by atoms with Crippen LogP contribution >= 0.6 is 34.8 Å². The number of benzene rings is 8. The maximum absolute atomic E-state index is 12.4. The van der Waals surface area contributed by atoms with Crippen LogP contribution in [0.4, 0.5) is 11.6 Å². The normalized spacial score (nSPS) is 14.3. The molecule has 15 rings (SSSR count). The van der Waals surface area contributed by atoms with Crippen LogP contribution in [-0.4, -0.2) is 205 Å². The molecule has 0 bridgehead atoms. The number of carbonyl (C=O) groups excluding carboxylic acids is 4. The minimum atomic E-state index is -0.848. The van der Waals surface area contributed by atoms with E-state index in [2.05, 4.69) is 130 Å². The van der Waals surface area contributed by atoms with Crippen LogP contribution in [0.5, 0.6) is 34.5 Å². The summed E-state index contributed by atoms with van der Waals surface area (Å²) >= 11 is 16.6. The molecule has 4 amide bonds. The SMILES string of the molecule is CN1CCN(c2ccc(B3OC(C)(C)C(C)(C)O3)cn2)CC1.COc1ccccc1C(C)C(=O)O.COc1ccccc1C(C)C(=O)O.COc1ccccc1C(C)CN.COc1ccccc1C(C)CN1C(=O)c2ccccc2C1=O.COc1ccccc1C(C)CNc1cc(Cl)ncn1.COc1ccccc1CC(=O)O.Clc1cc(Cl)ncn1.NN.O=C1NC(=O)c2ccccc21. The number of carboxylic acid groups (broad SMARTS) is 3. The van der Waals surface area contributed by atoms with Gasteiger partial charge in [0.2, 0.25) is 0 Å². The van der Waals surface area contributed by atoms with Crippen molar-refractivity contribution in [3.63, 3.8) is 0 Å². The first-order valence-corrected chi connectivity index (χ1v) is 43.7. The molecule has 3 aromatic heterocycles. The number of hydrogen-bond acceptors (Lipinski definition) is 26. The predicted molar refractivity (Wildman–Crippen MR) is 521 cm³/mol. The summed E-state index contributed by atoms with van der Waals surface area (Å²) in [7, 11) is 11.4. The number of para-hydroxylation sites is 6. The van der Waals surface area contributed by atoms with Gasteiger partial charge >= 0.3 is 25.0 Å². The number of rotatable bonds is 23. The van der Waals surface area contributed by atoms with E-state index < -0.39 is 29.7 Å². The number of aromatic nitrogens is 5. The number of ether oxygens (including phenoxy) is 6. The molecule has 5 unspecified atom stereocenters. The number of likely N-dealkylation sites (N-methyl/N-ethyl adjacent to an activating group) is 1. The number of hydrazine groups is 1. The van der Waals surface area contributed by atoms with Crippen molar-refractivity contribution in [1.82, 2.24) is 40.0 Å². The number of imide groups is 2. The number of carbonyl (C=O) groups is 7. The number of halogens is 3. The first kappa shape index (κ1) is 110. The summed E-state index contributed by atoms with van der Waals surface area (Å²) in [6, 6.07) is 66.0. The lowest BCUT2D eigenvalue weighted by Crippen LogP contribution is -2.45. The first-order chi connectivity index (χ1) is 64.0. The van der Waals surface area contributed by atoms with Gasteiger partial charge < -0.3 is 73.9 Å². The second kappa shape index (κ2) is 55.4. The highest BCUT2D eigenvalue weighted by molar-refractivity contribution is 6.62. The summed E-state index contributed by atoms with van der Waals surface area (Å²) in [5.41, 5.74) is 13.3. The molecule has 712 valence electrons. The zero-order chi connectivity index (χ0) is 98.8. The number of piperazine rings is 1. The van der Waals surface area contributed by atoms with Crippen LogP contribution in [0.1, 0.15) is 167 Å². The van der Waals surface area contributed by atoms with Crippen LogP contribution in [0.15, 0.2) is 237 Å². The Morgan fingerprint density at radius 2 is 0.828 bits per heavy atom. The van der Waals surface area contributed by atoms with Gasteiger partial charge in [-0.3, -0.25) is 55.5 Å². The number of amides is 4. The molecule has 11 N–H and O–H groups in total. The number of fused-ring (bicyclic) bond motifs is 2. The number of pyridine rings is 1. The maximum Gasteiger partial charge on any atom is 0.496 e. The van der Waals surface area contributed by atoms with E-state index in [1.165, 1.54) is 50.5 Å². The molecule has 0 radical (unpaired) electrons. The zero-order valence-electron chi connectivity index (χ0n) is 78.0. The minimum Gasteiger partial charge on any atom is -0.496 e. The lowest BCUT2D eigenvalue weighted by Gasteiger charge is -2.33. The Morgan fingerprint density at radius 3 is 1.20 bits per heavy atom. The Kier molecular flexibility index (Phi) is 45.3. The third-order valence-corrected chi connectivity index (χ3v) is 22.4. The van der Waals surface area contributed by atoms with E-state index in [-0.39, 0.29) is 54.3 Å². The fraction of sp³-hybridized carbons (Fsp3) is 0.313. The van der Waals surface area contributed by atoms with Crippen molar-refractivity contribution in [3.8, 4) is 34.5 Å². The van der Waals surface area contributed by atoms with Gasteiger partial charge in [0.15, 0.2) is 0 Å². The van der Waals surface area contributed by atoms with Gasteiger partial charge in [-0.25, -0.2) is 24.9 Å². The molecule has 0 saturated carbocycles. The largest absolute Gasteiger partial charge is 0.496 e. The van der Waals surface area contributed by atoms with Crippen LogP contribution < -0.4 is 66.8 Å². The standard InChI is InChI=1S/C18H17NO3.C16H26BN3O2.C14H16ClN3O.C10H15NO.2C10H12O3.C9H10O3.C8H5NO2.C4H2Cl2N2.H4N2/c1-12(13-7-5-6-10-16(13)22-2)11-19-17(20)14-8-3-4-9-15(14)18(19)21;1-15(2)16(3,4)22-17(21-15)13-6-7-14(18-12-13)20-10-8-19(5)9-11-20;1-10(11-5-3-4-6-12(11)19-2)8-16-14-7-13(15)17-9-18-14;1-8(7-11)9-5-3-4-6-10(9)12-2;2*1-7(10(11)12)8-5-3-4-6-9(8)13-2;1-12-8-5-3-2-4-7(8)6-9(10)11;10-7-5-3-1-2-4-6(5)8(11)9-7;5-3-1-4(6)8-2-7-3;1-2/h3-10,12H,11H2,1-2H3;6-7,12H,8-11H2,1-5H3;3-7,9-10H,8H2,1-2H3,(H,16,17,18);3-6,8H,7,11H2,1-2H3;2*3-7H,1-2H3,(H,11,12);2-5H,6H2,1H3,(H,10,11);1-4H,(H,9,10,11);1-2H;1-2H2. The lowest BCUT2D eigenvalue weighted by atomic mass is 9.80. The molecule has 0 aliphatic carbocycles. The molecule has 11 aromatic rings. The zero-order valence-corrected chi connectivity index (χ0v) is 80.3. The molecule has 2 saturated heterocycles. The molecule has 4 aliphatic rings. The maximum atomic E-state index is 12.4. The second-order valence-corrected chi connectivity index (χ2v) is 32.5. The van der Waals surface area contributed by atoms with E-state index >= 15 is 0 Å². The molecule has 2 fully saturated rings. The van der Waals surface area contributed by atoms with E-state index in [1.54, 1.807) is 144 Å². The Hall–Kier alpha value is -13.1. The van der Waals surface area contributed by atoms with E-state index in [0.29, 0.717) is 96.6 Å². The molecular formula is C99H119BCl3N13O18. The number of methoxy groups -OCH3 is 6. The molecular weight excluding hydrogens is 1780 g/mol. The number of nitrogens with two attached hydrogens (primary N) is 3. The summed E-state index contributed by atoms with van der Waals surface area (Å²) in [4.78, 5) is 104. The average Bonchev–Trinajstić information content (AvgIpc) is 1.63. The summed E-state index contributed by atoms with van der Waals surface area (Å²) in [6.45, 7) is 23.7. The van der Waals surface area contributed by atoms with Gasteiger partial charge in [-0.2, -0.15) is 0 Å². The first-order valence-electron chi connectivity index (χ1n) is 42.5. The topological polar surface area (TPSA) is 430 Å². The molecule has 31 nitrogen and oxygen atoms in total. The fourth-order valence-corrected chi connectivity index (χ4v) is 13.9. The summed E-state index contributed by atoms with van der Waals surface area (Å²) in [5, 5.41) is 32.7. The van der Waals surface area contributed by atoms with Crippen LogP contribution in [0.2, 0.25) is 15.5 Å². The molecule has 0 spiro atoms. The van der Waals surface area contributed by atoms with Crippen molar-refractivity contribution >= 4 is 101 Å². The van der Waals surface area contributed by atoms with Gasteiger partial charge in [0.05, 0.1) is 94.4 Å². The van der Waals surface area contributed by atoms with E-state index in [0.717, 1.165) is 78.2 Å². The lowest BCUT2D eigenvalue weighted by molar-refractivity contribution is -0.139. The van der Waals surface area contributed by atoms with Crippen molar-refractivity contribution in [2.45, 2.75) is 110 Å². The molecule has 134 heavy (non-hydrogen) atoms. The molecule has 4 aliphatic heterocycles. The number of nitrogens with zero attached hydrogens (tertiary/aromatic N) is 8. The van der Waals surface area contributed by atoms with Crippen LogP contribution in [0.3, 0.4) is 0 Å². The van der Waals surface area contributed by atoms with Gasteiger partial charge in [0, 0.05) is 91.6 Å². The Morgan fingerprint density at radius 1 is 0.470 bits per heavy atom. The smallest absolute Gasteiger partial charge is 0.496 e. The van der Waals surface area contributed by atoms with Gasteiger partial charge in [-0.05, 0) is 144 Å². The van der Waals surface area contributed by atoms with Crippen molar-refractivity contribution in [2.75, 3.05) is 106 Å². The number of aliphatic carboxylic acids is 3. The number of anilines is 2. The molecule has 35 heteroatoms. The van der Waals surface area contributed by atoms with Crippen molar-refractivity contribution in [2.24, 2.45) is 17.4 Å². The van der Waals surface area contributed by atoms with E-state index in [4.69, 9.17) is 93.6 Å². The van der Waals surface area contributed by atoms with E-state index in [9.17, 15) is 33.6 Å². The minimum absolute atomic E-state index is 0.00152. The number of nitrogens with one attached hydrogen (secondary N) is 2. The highest BCUT2D eigenvalue weighted by Crippen LogP contribution is 2.38. The van der Waals surface area contributed by atoms with Crippen LogP contribution in [-0.2, 0) is 30.1 Å².